The molecule has 4 heteroatoms. The van der Waals surface area contributed by atoms with E-state index in [-0.39, 0.29) is 0 Å². The molecule has 0 aliphatic carbocycles. The van der Waals surface area contributed by atoms with E-state index in [1.807, 2.05) is 54.6 Å². The Labute approximate surface area is 111 Å². The van der Waals surface area contributed by atoms with E-state index >= 15 is 0 Å². The van der Waals surface area contributed by atoms with Crippen molar-refractivity contribution in [1.29, 1.82) is 0 Å². The fourth-order valence-corrected chi connectivity index (χ4v) is 1.58. The lowest BCUT2D eigenvalue weighted by Gasteiger charge is -2.01. The van der Waals surface area contributed by atoms with Gasteiger partial charge in [-0.3, -0.25) is 0 Å². The highest BCUT2D eigenvalue weighted by molar-refractivity contribution is 5.80. The molecule has 0 spiro atoms. The number of hydrogen-bond acceptors (Lipinski definition) is 3. The topological polar surface area (TPSA) is 58.9 Å². The second-order valence-corrected chi connectivity index (χ2v) is 3.89. The Balaban J connectivity index is 2.01. The van der Waals surface area contributed by atoms with Crippen molar-refractivity contribution in [2.45, 2.75) is 0 Å². The monoisotopic (exact) mass is 255 g/mol. The summed E-state index contributed by atoms with van der Waals surface area (Å²) in [5, 5.41) is 12.0. The smallest absolute Gasteiger partial charge is 0.344 e. The zero-order valence-electron chi connectivity index (χ0n) is 10.2. The van der Waals surface area contributed by atoms with E-state index in [0.717, 1.165) is 16.7 Å². The molecule has 2 rings (SSSR count). The fraction of sp³-hybridized carbons (Fsp3) is 0.0667. The van der Waals surface area contributed by atoms with E-state index in [1.54, 1.807) is 0 Å². The standard InChI is InChI=1S/C15H13NO3/c17-15(18)11-19-16-10-12-6-8-14(9-7-12)13-4-2-1-3-5-13/h1-10H,11H2,(H,17,18)/b16-10-. The van der Waals surface area contributed by atoms with Crippen LogP contribution in [-0.2, 0) is 9.63 Å². The maximum absolute atomic E-state index is 10.2. The number of aliphatic carboxylic acids is 1. The molecule has 0 heterocycles. The first kappa shape index (κ1) is 12.8. The third-order valence-electron chi connectivity index (χ3n) is 2.48. The van der Waals surface area contributed by atoms with Crippen LogP contribution >= 0.6 is 0 Å². The Hall–Kier alpha value is -2.62. The normalized spacial score (nSPS) is 10.5. The maximum atomic E-state index is 10.2. The highest BCUT2D eigenvalue weighted by Crippen LogP contribution is 2.18. The summed E-state index contributed by atoms with van der Waals surface area (Å²) in [6.45, 7) is -0.432. The minimum atomic E-state index is -1.04. The lowest BCUT2D eigenvalue weighted by molar-refractivity contribution is -0.142. The van der Waals surface area contributed by atoms with Gasteiger partial charge in [0.2, 0.25) is 6.61 Å². The van der Waals surface area contributed by atoms with Crippen LogP contribution in [0.1, 0.15) is 5.56 Å². The van der Waals surface area contributed by atoms with Gasteiger partial charge in [-0.05, 0) is 16.7 Å². The number of oxime groups is 1. The van der Waals surface area contributed by atoms with E-state index in [2.05, 4.69) is 9.99 Å². The third-order valence-corrected chi connectivity index (χ3v) is 2.48. The molecule has 0 aliphatic rings. The molecule has 0 aliphatic heterocycles. The van der Waals surface area contributed by atoms with Crippen molar-refractivity contribution in [1.82, 2.24) is 0 Å². The molecule has 0 aromatic heterocycles. The molecule has 2 aromatic carbocycles. The number of nitrogens with zero attached hydrogens (tertiary/aromatic N) is 1. The van der Waals surface area contributed by atoms with Crippen molar-refractivity contribution in [3.63, 3.8) is 0 Å². The lowest BCUT2D eigenvalue weighted by atomic mass is 10.0. The Morgan fingerprint density at radius 3 is 2.32 bits per heavy atom. The van der Waals surface area contributed by atoms with E-state index in [1.165, 1.54) is 6.21 Å². The summed E-state index contributed by atoms with van der Waals surface area (Å²) in [6.07, 6.45) is 1.48. The van der Waals surface area contributed by atoms with Crippen molar-refractivity contribution in [2.75, 3.05) is 6.61 Å². The molecule has 0 atom stereocenters. The van der Waals surface area contributed by atoms with Gasteiger partial charge in [0.05, 0.1) is 6.21 Å². The van der Waals surface area contributed by atoms with E-state index in [4.69, 9.17) is 5.11 Å². The Morgan fingerprint density at radius 2 is 1.68 bits per heavy atom. The molecule has 0 amide bonds. The number of carboxylic acids is 1. The van der Waals surface area contributed by atoms with Gasteiger partial charge in [-0.1, -0.05) is 59.8 Å². The van der Waals surface area contributed by atoms with Gasteiger partial charge < -0.3 is 9.94 Å². The van der Waals surface area contributed by atoms with Crippen LogP contribution in [0.25, 0.3) is 11.1 Å². The number of rotatable bonds is 5. The van der Waals surface area contributed by atoms with Gasteiger partial charge in [0, 0.05) is 0 Å². The van der Waals surface area contributed by atoms with E-state index in [9.17, 15) is 4.79 Å². The van der Waals surface area contributed by atoms with Gasteiger partial charge in [0.1, 0.15) is 0 Å². The molecule has 1 N–H and O–H groups in total. The predicted octanol–water partition coefficient (Wildman–Crippen LogP) is 2.79. The second kappa shape index (κ2) is 6.35. The van der Waals surface area contributed by atoms with Crippen LogP contribution in [0.15, 0.2) is 59.8 Å². The van der Waals surface area contributed by atoms with Crippen molar-refractivity contribution >= 4 is 12.2 Å². The molecule has 0 saturated heterocycles. The summed E-state index contributed by atoms with van der Waals surface area (Å²) >= 11 is 0. The van der Waals surface area contributed by atoms with Crippen LogP contribution in [-0.4, -0.2) is 23.9 Å². The van der Waals surface area contributed by atoms with E-state index in [0.29, 0.717) is 0 Å². The average Bonchev–Trinajstić information content (AvgIpc) is 2.45. The first-order valence-corrected chi connectivity index (χ1v) is 5.78. The minimum absolute atomic E-state index is 0.432. The number of hydrogen-bond donors (Lipinski definition) is 1. The molecule has 0 unspecified atom stereocenters. The minimum Gasteiger partial charge on any atom is -0.479 e. The number of benzene rings is 2. The summed E-state index contributed by atoms with van der Waals surface area (Å²) in [5.41, 5.74) is 3.11. The molecular weight excluding hydrogens is 242 g/mol. The largest absolute Gasteiger partial charge is 0.479 e. The Bertz CT molecular complexity index is 562. The van der Waals surface area contributed by atoms with Crippen molar-refractivity contribution < 1.29 is 14.7 Å². The van der Waals surface area contributed by atoms with Gasteiger partial charge in [-0.2, -0.15) is 0 Å². The Morgan fingerprint density at radius 1 is 1.05 bits per heavy atom. The van der Waals surface area contributed by atoms with Crippen LogP contribution in [0.2, 0.25) is 0 Å². The highest BCUT2D eigenvalue weighted by Gasteiger charge is 1.96. The van der Waals surface area contributed by atoms with Crippen LogP contribution in [0, 0.1) is 0 Å². The van der Waals surface area contributed by atoms with Gasteiger partial charge in [-0.15, -0.1) is 0 Å². The molecule has 0 saturated carbocycles. The summed E-state index contributed by atoms with van der Waals surface area (Å²) in [5.74, 6) is -1.04. The second-order valence-electron chi connectivity index (χ2n) is 3.89. The molecule has 96 valence electrons. The third kappa shape index (κ3) is 3.96. The van der Waals surface area contributed by atoms with Crippen molar-refractivity contribution in [2.24, 2.45) is 5.16 Å². The molecule has 0 bridgehead atoms. The van der Waals surface area contributed by atoms with Crippen molar-refractivity contribution in [3.8, 4) is 11.1 Å². The molecule has 4 nitrogen and oxygen atoms in total. The van der Waals surface area contributed by atoms with Crippen LogP contribution in [0.4, 0.5) is 0 Å². The zero-order chi connectivity index (χ0) is 13.5. The molecular formula is C15H13NO3. The summed E-state index contributed by atoms with van der Waals surface area (Å²) < 4.78 is 0. The molecule has 2 aromatic rings. The van der Waals surface area contributed by atoms with Crippen LogP contribution < -0.4 is 0 Å². The highest BCUT2D eigenvalue weighted by atomic mass is 16.6. The first-order chi connectivity index (χ1) is 9.25. The Kier molecular flexibility index (Phi) is 4.29. The van der Waals surface area contributed by atoms with Crippen molar-refractivity contribution in [3.05, 3.63) is 60.2 Å². The quantitative estimate of drug-likeness (QED) is 0.660. The van der Waals surface area contributed by atoms with Crippen LogP contribution in [0.5, 0.6) is 0 Å². The average molecular weight is 255 g/mol. The molecule has 0 radical (unpaired) electrons. The number of carboxylic acid groups (broad SMARTS) is 1. The SMILES string of the molecule is O=C(O)CO/N=C\c1ccc(-c2ccccc2)cc1. The summed E-state index contributed by atoms with van der Waals surface area (Å²) in [7, 11) is 0. The summed E-state index contributed by atoms with van der Waals surface area (Å²) in [6, 6.07) is 17.8. The maximum Gasteiger partial charge on any atom is 0.344 e. The molecule has 0 fully saturated rings. The van der Waals surface area contributed by atoms with Crippen LogP contribution in [0.3, 0.4) is 0 Å². The molecule has 19 heavy (non-hydrogen) atoms. The zero-order valence-corrected chi connectivity index (χ0v) is 10.2. The van der Waals surface area contributed by atoms with Gasteiger partial charge in [0.15, 0.2) is 0 Å². The van der Waals surface area contributed by atoms with E-state index < -0.39 is 12.6 Å². The van der Waals surface area contributed by atoms with Gasteiger partial charge in [0.25, 0.3) is 0 Å². The number of carbonyl (C=O) groups is 1. The van der Waals surface area contributed by atoms with Gasteiger partial charge in [-0.25, -0.2) is 4.79 Å². The lowest BCUT2D eigenvalue weighted by Crippen LogP contribution is -2.03. The first-order valence-electron chi connectivity index (χ1n) is 5.78. The fourth-order valence-electron chi connectivity index (χ4n) is 1.58. The summed E-state index contributed by atoms with van der Waals surface area (Å²) in [4.78, 5) is 14.8. The van der Waals surface area contributed by atoms with Gasteiger partial charge >= 0.3 is 5.97 Å². The predicted molar refractivity (Wildman–Crippen MR) is 73.1 cm³/mol.